The third kappa shape index (κ3) is 4.36. The number of hydrogen-bond donors (Lipinski definition) is 0. The van der Waals surface area contributed by atoms with E-state index in [0.717, 1.165) is 23.6 Å². The molecule has 0 bridgehead atoms. The Labute approximate surface area is 147 Å². The highest BCUT2D eigenvalue weighted by Crippen LogP contribution is 2.21. The lowest BCUT2D eigenvalue weighted by Crippen LogP contribution is -2.17. The highest BCUT2D eigenvalue weighted by Gasteiger charge is 2.11. The summed E-state index contributed by atoms with van der Waals surface area (Å²) >= 11 is 0. The van der Waals surface area contributed by atoms with Crippen LogP contribution in [0.1, 0.15) is 11.5 Å². The SMILES string of the molecule is COc1ccc(CN(C)Cc2nc(-c3cccc(OC)c3)no2)cc1. The fourth-order valence-corrected chi connectivity index (χ4v) is 2.53. The normalized spacial score (nSPS) is 10.9. The molecule has 3 rings (SSSR count). The molecule has 0 radical (unpaired) electrons. The van der Waals surface area contributed by atoms with Gasteiger partial charge in [-0.1, -0.05) is 29.4 Å². The van der Waals surface area contributed by atoms with E-state index in [9.17, 15) is 0 Å². The summed E-state index contributed by atoms with van der Waals surface area (Å²) in [4.78, 5) is 6.59. The lowest BCUT2D eigenvalue weighted by atomic mass is 10.2. The van der Waals surface area contributed by atoms with Crippen molar-refractivity contribution in [1.82, 2.24) is 15.0 Å². The molecule has 6 heteroatoms. The summed E-state index contributed by atoms with van der Waals surface area (Å²) in [5, 5.41) is 4.06. The van der Waals surface area contributed by atoms with Gasteiger partial charge in [-0.25, -0.2) is 0 Å². The van der Waals surface area contributed by atoms with Crippen LogP contribution in [-0.2, 0) is 13.1 Å². The zero-order valence-corrected chi connectivity index (χ0v) is 14.6. The van der Waals surface area contributed by atoms with Gasteiger partial charge < -0.3 is 14.0 Å². The molecule has 0 saturated carbocycles. The number of rotatable bonds is 7. The van der Waals surface area contributed by atoms with Crippen molar-refractivity contribution in [2.45, 2.75) is 13.1 Å². The van der Waals surface area contributed by atoms with Gasteiger partial charge in [-0.05, 0) is 36.9 Å². The van der Waals surface area contributed by atoms with Gasteiger partial charge in [0.05, 0.1) is 20.8 Å². The second kappa shape index (κ2) is 7.81. The van der Waals surface area contributed by atoms with E-state index < -0.39 is 0 Å². The van der Waals surface area contributed by atoms with E-state index in [0.29, 0.717) is 18.3 Å². The Bertz CT molecular complexity index is 815. The number of methoxy groups -OCH3 is 2. The Morgan fingerprint density at radius 1 is 0.960 bits per heavy atom. The van der Waals surface area contributed by atoms with Crippen molar-refractivity contribution in [1.29, 1.82) is 0 Å². The van der Waals surface area contributed by atoms with Gasteiger partial charge in [0.25, 0.3) is 0 Å². The summed E-state index contributed by atoms with van der Waals surface area (Å²) in [5.41, 5.74) is 2.06. The zero-order chi connectivity index (χ0) is 17.6. The van der Waals surface area contributed by atoms with Crippen molar-refractivity contribution in [2.75, 3.05) is 21.3 Å². The van der Waals surface area contributed by atoms with E-state index in [1.54, 1.807) is 14.2 Å². The third-order valence-corrected chi connectivity index (χ3v) is 3.81. The van der Waals surface area contributed by atoms with Gasteiger partial charge >= 0.3 is 0 Å². The first-order valence-electron chi connectivity index (χ1n) is 7.96. The lowest BCUT2D eigenvalue weighted by Gasteiger charge is -2.14. The molecule has 0 aliphatic heterocycles. The molecule has 130 valence electrons. The molecule has 0 saturated heterocycles. The third-order valence-electron chi connectivity index (χ3n) is 3.81. The summed E-state index contributed by atoms with van der Waals surface area (Å²) < 4.78 is 15.8. The second-order valence-electron chi connectivity index (χ2n) is 5.76. The molecule has 0 aliphatic carbocycles. The highest BCUT2D eigenvalue weighted by molar-refractivity contribution is 5.56. The minimum absolute atomic E-state index is 0.562. The van der Waals surface area contributed by atoms with Crippen molar-refractivity contribution in [2.24, 2.45) is 0 Å². The second-order valence-corrected chi connectivity index (χ2v) is 5.76. The number of nitrogens with zero attached hydrogens (tertiary/aromatic N) is 3. The first-order valence-corrected chi connectivity index (χ1v) is 7.96. The zero-order valence-electron chi connectivity index (χ0n) is 14.6. The molecule has 0 atom stereocenters. The van der Waals surface area contributed by atoms with E-state index >= 15 is 0 Å². The van der Waals surface area contributed by atoms with Crippen molar-refractivity contribution in [3.8, 4) is 22.9 Å². The maximum Gasteiger partial charge on any atom is 0.241 e. The lowest BCUT2D eigenvalue weighted by molar-refractivity contribution is 0.261. The van der Waals surface area contributed by atoms with Crippen molar-refractivity contribution in [3.63, 3.8) is 0 Å². The molecule has 25 heavy (non-hydrogen) atoms. The minimum Gasteiger partial charge on any atom is -0.497 e. The van der Waals surface area contributed by atoms with E-state index in [2.05, 4.69) is 15.0 Å². The van der Waals surface area contributed by atoms with Crippen LogP contribution in [0.2, 0.25) is 0 Å². The first-order chi connectivity index (χ1) is 12.2. The molecule has 1 heterocycles. The molecular weight excluding hydrogens is 318 g/mol. The summed E-state index contributed by atoms with van der Waals surface area (Å²) in [7, 11) is 5.31. The van der Waals surface area contributed by atoms with E-state index in [1.165, 1.54) is 5.56 Å². The maximum absolute atomic E-state index is 5.37. The first kappa shape index (κ1) is 17.0. The summed E-state index contributed by atoms with van der Waals surface area (Å²) in [6, 6.07) is 15.6. The molecule has 0 amide bonds. The molecule has 0 aliphatic rings. The van der Waals surface area contributed by atoms with E-state index in [-0.39, 0.29) is 0 Å². The Kier molecular flexibility index (Phi) is 5.30. The number of benzene rings is 2. The van der Waals surface area contributed by atoms with Crippen LogP contribution in [0.15, 0.2) is 53.1 Å². The predicted molar refractivity (Wildman–Crippen MR) is 94.5 cm³/mol. The van der Waals surface area contributed by atoms with E-state index in [4.69, 9.17) is 14.0 Å². The Morgan fingerprint density at radius 2 is 1.72 bits per heavy atom. The smallest absolute Gasteiger partial charge is 0.241 e. The van der Waals surface area contributed by atoms with Crippen molar-refractivity contribution >= 4 is 0 Å². The highest BCUT2D eigenvalue weighted by atomic mass is 16.5. The maximum atomic E-state index is 5.37. The number of ether oxygens (including phenoxy) is 2. The molecule has 0 fully saturated rings. The van der Waals surface area contributed by atoms with Gasteiger partial charge in [0, 0.05) is 12.1 Å². The molecule has 1 aromatic heterocycles. The average Bonchev–Trinajstić information content (AvgIpc) is 3.10. The molecule has 2 aromatic carbocycles. The predicted octanol–water partition coefficient (Wildman–Crippen LogP) is 3.39. The monoisotopic (exact) mass is 339 g/mol. The fraction of sp³-hybridized carbons (Fsp3) is 0.263. The van der Waals surface area contributed by atoms with Crippen molar-refractivity contribution in [3.05, 3.63) is 60.0 Å². The standard InChI is InChI=1S/C19H21N3O3/c1-22(12-14-7-9-16(23-2)10-8-14)13-18-20-19(21-25-18)15-5-4-6-17(11-15)24-3/h4-11H,12-13H2,1-3H3. The quantitative estimate of drug-likeness (QED) is 0.657. The van der Waals surface area contributed by atoms with Crippen LogP contribution in [0.4, 0.5) is 0 Å². The molecule has 0 unspecified atom stereocenters. The molecule has 0 spiro atoms. The van der Waals surface area contributed by atoms with Crippen LogP contribution in [0.3, 0.4) is 0 Å². The van der Waals surface area contributed by atoms with Crippen LogP contribution >= 0.6 is 0 Å². The number of aromatic nitrogens is 2. The number of hydrogen-bond acceptors (Lipinski definition) is 6. The Balaban J connectivity index is 1.63. The van der Waals surface area contributed by atoms with Gasteiger partial charge in [-0.2, -0.15) is 4.98 Å². The molecular formula is C19H21N3O3. The molecule has 3 aromatic rings. The fourth-order valence-electron chi connectivity index (χ4n) is 2.53. The van der Waals surface area contributed by atoms with Gasteiger partial charge in [0.15, 0.2) is 0 Å². The van der Waals surface area contributed by atoms with Gasteiger partial charge in [-0.15, -0.1) is 0 Å². The van der Waals surface area contributed by atoms with Crippen LogP contribution in [0, 0.1) is 0 Å². The average molecular weight is 339 g/mol. The molecule has 0 N–H and O–H groups in total. The molecule has 6 nitrogen and oxygen atoms in total. The van der Waals surface area contributed by atoms with Gasteiger partial charge in [-0.3, -0.25) is 4.90 Å². The van der Waals surface area contributed by atoms with Gasteiger partial charge in [0.1, 0.15) is 11.5 Å². The Hall–Kier alpha value is -2.86. The summed E-state index contributed by atoms with van der Waals surface area (Å²) in [5.74, 6) is 2.76. The van der Waals surface area contributed by atoms with Crippen LogP contribution in [0.5, 0.6) is 11.5 Å². The minimum atomic E-state index is 0.562. The Morgan fingerprint density at radius 3 is 2.44 bits per heavy atom. The topological polar surface area (TPSA) is 60.6 Å². The van der Waals surface area contributed by atoms with E-state index in [1.807, 2.05) is 55.6 Å². The largest absolute Gasteiger partial charge is 0.497 e. The summed E-state index contributed by atoms with van der Waals surface area (Å²) in [6.45, 7) is 1.35. The van der Waals surface area contributed by atoms with Crippen LogP contribution in [0.25, 0.3) is 11.4 Å². The van der Waals surface area contributed by atoms with Gasteiger partial charge in [0.2, 0.25) is 11.7 Å². The van der Waals surface area contributed by atoms with Crippen molar-refractivity contribution < 1.29 is 14.0 Å². The summed E-state index contributed by atoms with van der Waals surface area (Å²) in [6.07, 6.45) is 0. The van der Waals surface area contributed by atoms with Crippen LogP contribution < -0.4 is 9.47 Å². The van der Waals surface area contributed by atoms with Crippen LogP contribution in [-0.4, -0.2) is 36.3 Å².